The van der Waals surface area contributed by atoms with Gasteiger partial charge in [0.2, 0.25) is 0 Å². The fourth-order valence-corrected chi connectivity index (χ4v) is 1.74. The van der Waals surface area contributed by atoms with E-state index in [2.05, 4.69) is 4.74 Å². The maximum atomic E-state index is 12.5. The van der Waals surface area contributed by atoms with Crippen LogP contribution in [-0.2, 0) is 14.8 Å². The molecule has 0 heterocycles. The molecule has 0 aliphatic heterocycles. The normalized spacial score (nSPS) is 10.8. The van der Waals surface area contributed by atoms with Gasteiger partial charge >= 0.3 is 6.09 Å². The molecule has 0 aromatic heterocycles. The Morgan fingerprint density at radius 3 is 2.33 bits per heavy atom. The highest BCUT2D eigenvalue weighted by molar-refractivity contribution is 7.90. The van der Waals surface area contributed by atoms with Crippen molar-refractivity contribution in [2.45, 2.75) is 4.90 Å². The Hall–Kier alpha value is -1.63. The number of benzene rings is 1. The molecule has 0 aliphatic carbocycles. The molecule has 1 N–H and O–H groups in total. The van der Waals surface area contributed by atoms with Crippen molar-refractivity contribution in [2.24, 2.45) is 0 Å². The first-order chi connectivity index (χ1) is 6.95. The monoisotopic (exact) mass is 233 g/mol. The summed E-state index contributed by atoms with van der Waals surface area (Å²) < 4.78 is 41.0. The predicted octanol–water partition coefficient (Wildman–Crippen LogP) is 0.870. The van der Waals surface area contributed by atoms with E-state index in [1.165, 1.54) is 0 Å². The zero-order valence-electron chi connectivity index (χ0n) is 7.73. The van der Waals surface area contributed by atoms with Crippen LogP contribution in [-0.4, -0.2) is 21.6 Å². The van der Waals surface area contributed by atoms with Gasteiger partial charge in [-0.25, -0.2) is 22.3 Å². The van der Waals surface area contributed by atoms with Crippen molar-refractivity contribution in [3.8, 4) is 0 Å². The van der Waals surface area contributed by atoms with E-state index in [1.807, 2.05) is 0 Å². The summed E-state index contributed by atoms with van der Waals surface area (Å²) in [4.78, 5) is 10.5. The van der Waals surface area contributed by atoms with Gasteiger partial charge in [0.25, 0.3) is 10.0 Å². The third-order valence-electron chi connectivity index (χ3n) is 1.53. The average Bonchev–Trinajstić information content (AvgIpc) is 2.17. The summed E-state index contributed by atoms with van der Waals surface area (Å²) in [5.41, 5.74) is 0. The van der Waals surface area contributed by atoms with Gasteiger partial charge < -0.3 is 4.74 Å². The lowest BCUT2D eigenvalue weighted by molar-refractivity contribution is 0.177. The fraction of sp³-hybridized carbons (Fsp3) is 0.125. The highest BCUT2D eigenvalue weighted by Gasteiger charge is 2.17. The lowest BCUT2D eigenvalue weighted by atomic mass is 10.4. The minimum atomic E-state index is -3.98. The Balaban J connectivity index is 2.96. The summed E-state index contributed by atoms with van der Waals surface area (Å²) >= 11 is 0. The van der Waals surface area contributed by atoms with E-state index in [-0.39, 0.29) is 4.90 Å². The van der Waals surface area contributed by atoms with Crippen LogP contribution in [0.1, 0.15) is 0 Å². The molecule has 0 saturated heterocycles. The van der Waals surface area contributed by atoms with Crippen LogP contribution < -0.4 is 4.72 Å². The molecular formula is C8H8FNO4S. The minimum Gasteiger partial charge on any atom is -0.452 e. The third-order valence-corrected chi connectivity index (χ3v) is 2.86. The Kier molecular flexibility index (Phi) is 3.25. The number of ether oxygens (including phenoxy) is 1. The lowest BCUT2D eigenvalue weighted by Gasteiger charge is -2.04. The van der Waals surface area contributed by atoms with E-state index in [0.29, 0.717) is 0 Å². The zero-order valence-corrected chi connectivity index (χ0v) is 8.55. The fourth-order valence-electron chi connectivity index (χ4n) is 0.824. The van der Waals surface area contributed by atoms with E-state index in [9.17, 15) is 17.6 Å². The number of rotatable bonds is 2. The molecule has 0 bridgehead atoms. The van der Waals surface area contributed by atoms with Gasteiger partial charge in [-0.05, 0) is 24.3 Å². The van der Waals surface area contributed by atoms with Gasteiger partial charge in [-0.2, -0.15) is 0 Å². The average molecular weight is 233 g/mol. The van der Waals surface area contributed by atoms with Crippen LogP contribution in [0.4, 0.5) is 9.18 Å². The Morgan fingerprint density at radius 2 is 1.87 bits per heavy atom. The summed E-state index contributed by atoms with van der Waals surface area (Å²) in [6.07, 6.45) is -1.10. The second-order valence-electron chi connectivity index (χ2n) is 2.55. The molecule has 0 atom stereocenters. The van der Waals surface area contributed by atoms with E-state index in [4.69, 9.17) is 0 Å². The molecule has 1 amide bonds. The van der Waals surface area contributed by atoms with Gasteiger partial charge in [-0.3, -0.25) is 0 Å². The highest BCUT2D eigenvalue weighted by Crippen LogP contribution is 2.09. The number of methoxy groups -OCH3 is 1. The number of sulfonamides is 1. The number of halogens is 1. The molecule has 0 radical (unpaired) electrons. The molecule has 1 aromatic rings. The van der Waals surface area contributed by atoms with Gasteiger partial charge in [-0.1, -0.05) is 0 Å². The van der Waals surface area contributed by atoms with Gasteiger partial charge in [0.05, 0.1) is 12.0 Å². The van der Waals surface area contributed by atoms with Crippen molar-refractivity contribution in [3.63, 3.8) is 0 Å². The molecule has 82 valence electrons. The molecule has 1 rings (SSSR count). The number of hydrogen-bond acceptors (Lipinski definition) is 4. The quantitative estimate of drug-likeness (QED) is 0.822. The largest absolute Gasteiger partial charge is 0.452 e. The van der Waals surface area contributed by atoms with Gasteiger partial charge in [-0.15, -0.1) is 0 Å². The van der Waals surface area contributed by atoms with Crippen molar-refractivity contribution in [1.29, 1.82) is 0 Å². The molecule has 0 unspecified atom stereocenters. The van der Waals surface area contributed by atoms with Crippen molar-refractivity contribution in [3.05, 3.63) is 30.1 Å². The smallest absolute Gasteiger partial charge is 0.420 e. The van der Waals surface area contributed by atoms with E-state index < -0.39 is 21.9 Å². The number of carbonyl (C=O) groups excluding carboxylic acids is 1. The maximum Gasteiger partial charge on any atom is 0.420 e. The number of nitrogens with one attached hydrogen (secondary N) is 1. The van der Waals surface area contributed by atoms with E-state index >= 15 is 0 Å². The lowest BCUT2D eigenvalue weighted by Crippen LogP contribution is -2.30. The number of hydrogen-bond donors (Lipinski definition) is 1. The first-order valence-electron chi connectivity index (χ1n) is 3.82. The standard InChI is InChI=1S/C8H8FNO4S/c1-14-8(11)10-15(12,13)7-4-2-6(9)3-5-7/h2-5H,1H3,(H,10,11). The molecule has 15 heavy (non-hydrogen) atoms. The topological polar surface area (TPSA) is 72.5 Å². The highest BCUT2D eigenvalue weighted by atomic mass is 32.2. The maximum absolute atomic E-state index is 12.5. The van der Waals surface area contributed by atoms with Crippen LogP contribution in [0, 0.1) is 5.82 Å². The summed E-state index contributed by atoms with van der Waals surface area (Å²) in [5.74, 6) is -0.563. The second kappa shape index (κ2) is 4.26. The molecule has 0 fully saturated rings. The summed E-state index contributed by atoms with van der Waals surface area (Å²) in [6, 6.07) is 4.04. The first kappa shape index (κ1) is 11.4. The Morgan fingerprint density at radius 1 is 1.33 bits per heavy atom. The van der Waals surface area contributed by atoms with Crippen LogP contribution in [0.25, 0.3) is 0 Å². The van der Waals surface area contributed by atoms with Gasteiger partial charge in [0.1, 0.15) is 5.82 Å². The molecule has 1 aromatic carbocycles. The van der Waals surface area contributed by atoms with Crippen molar-refractivity contribution >= 4 is 16.1 Å². The minimum absolute atomic E-state index is 0.214. The van der Waals surface area contributed by atoms with Crippen molar-refractivity contribution < 1.29 is 22.3 Å². The summed E-state index contributed by atoms with van der Waals surface area (Å²) in [7, 11) is -2.94. The van der Waals surface area contributed by atoms with Gasteiger partial charge in [0.15, 0.2) is 0 Å². The van der Waals surface area contributed by atoms with E-state index in [1.54, 1.807) is 4.72 Å². The first-order valence-corrected chi connectivity index (χ1v) is 5.30. The molecule has 7 heteroatoms. The summed E-state index contributed by atoms with van der Waals surface area (Å²) in [6.45, 7) is 0. The third kappa shape index (κ3) is 2.91. The van der Waals surface area contributed by atoms with Crippen molar-refractivity contribution in [2.75, 3.05) is 7.11 Å². The SMILES string of the molecule is COC(=O)NS(=O)(=O)c1ccc(F)cc1. The Bertz CT molecular complexity index is 454. The number of amides is 1. The van der Waals surface area contributed by atoms with Crippen molar-refractivity contribution in [1.82, 2.24) is 4.72 Å². The molecule has 0 saturated carbocycles. The van der Waals surface area contributed by atoms with Crippen LogP contribution in [0.15, 0.2) is 29.2 Å². The van der Waals surface area contributed by atoms with Crippen LogP contribution in [0.5, 0.6) is 0 Å². The molecule has 5 nitrogen and oxygen atoms in total. The van der Waals surface area contributed by atoms with Crippen LogP contribution in [0.3, 0.4) is 0 Å². The second-order valence-corrected chi connectivity index (χ2v) is 4.23. The predicted molar refractivity (Wildman–Crippen MR) is 49.1 cm³/mol. The van der Waals surface area contributed by atoms with Crippen LogP contribution in [0.2, 0.25) is 0 Å². The summed E-state index contributed by atoms with van der Waals surface area (Å²) in [5, 5.41) is 0. The number of carbonyl (C=O) groups is 1. The van der Waals surface area contributed by atoms with Crippen LogP contribution >= 0.6 is 0 Å². The van der Waals surface area contributed by atoms with E-state index in [0.717, 1.165) is 31.4 Å². The zero-order chi connectivity index (χ0) is 11.5. The molecule has 0 spiro atoms. The molecular weight excluding hydrogens is 225 g/mol. The van der Waals surface area contributed by atoms with Gasteiger partial charge in [0, 0.05) is 0 Å². The molecule has 0 aliphatic rings. The Labute approximate surface area is 85.9 Å².